The lowest BCUT2D eigenvalue weighted by molar-refractivity contribution is 0.0584. The molecule has 1 aromatic rings. The van der Waals surface area contributed by atoms with Crippen molar-refractivity contribution in [2.24, 2.45) is 5.73 Å². The maximum absolute atomic E-state index is 12.6. The van der Waals surface area contributed by atoms with Crippen LogP contribution in [0.3, 0.4) is 0 Å². The van der Waals surface area contributed by atoms with Crippen molar-refractivity contribution in [1.82, 2.24) is 4.90 Å². The van der Waals surface area contributed by atoms with E-state index in [1.807, 2.05) is 11.8 Å². The first-order valence-electron chi connectivity index (χ1n) is 6.52. The first kappa shape index (κ1) is 17.8. The minimum Gasteiger partial charge on any atom is -0.334 e. The molecule has 1 aliphatic heterocycles. The molecule has 1 aliphatic rings. The maximum Gasteiger partial charge on any atom is 0.254 e. The third-order valence-corrected chi connectivity index (χ3v) is 4.80. The Morgan fingerprint density at radius 2 is 2.20 bits per heavy atom. The van der Waals surface area contributed by atoms with E-state index in [4.69, 9.17) is 17.3 Å². The Balaban J connectivity index is 0.00000200. The number of hydrogen-bond acceptors (Lipinski definition) is 2. The SMILES string of the molecule is CC(N)C1CCCCN1C(=O)c1ccc(Cl)c(Br)c1.Cl. The van der Waals surface area contributed by atoms with E-state index in [0.717, 1.165) is 30.3 Å². The van der Waals surface area contributed by atoms with Gasteiger partial charge in [-0.25, -0.2) is 0 Å². The summed E-state index contributed by atoms with van der Waals surface area (Å²) < 4.78 is 0.745. The summed E-state index contributed by atoms with van der Waals surface area (Å²) in [4.78, 5) is 14.5. The van der Waals surface area contributed by atoms with E-state index in [1.54, 1.807) is 18.2 Å². The fourth-order valence-corrected chi connectivity index (χ4v) is 3.05. The van der Waals surface area contributed by atoms with Gasteiger partial charge in [-0.1, -0.05) is 11.6 Å². The molecule has 1 saturated heterocycles. The molecule has 0 aliphatic carbocycles. The molecule has 2 N–H and O–H groups in total. The highest BCUT2D eigenvalue weighted by Gasteiger charge is 2.29. The van der Waals surface area contributed by atoms with Crippen molar-refractivity contribution in [2.45, 2.75) is 38.3 Å². The lowest BCUT2D eigenvalue weighted by Gasteiger charge is -2.38. The second-order valence-corrected chi connectivity index (χ2v) is 6.31. The lowest BCUT2D eigenvalue weighted by atomic mass is 9.96. The van der Waals surface area contributed by atoms with Gasteiger partial charge in [0.25, 0.3) is 5.91 Å². The molecule has 2 atom stereocenters. The molecule has 1 heterocycles. The Kier molecular flexibility index (Phi) is 6.79. The van der Waals surface area contributed by atoms with E-state index in [1.165, 1.54) is 0 Å². The van der Waals surface area contributed by atoms with Gasteiger partial charge in [0.15, 0.2) is 0 Å². The van der Waals surface area contributed by atoms with Crippen LogP contribution in [-0.4, -0.2) is 29.4 Å². The molecule has 0 saturated carbocycles. The van der Waals surface area contributed by atoms with Crippen LogP contribution in [-0.2, 0) is 0 Å². The highest BCUT2D eigenvalue weighted by molar-refractivity contribution is 9.10. The predicted molar refractivity (Wildman–Crippen MR) is 88.7 cm³/mol. The molecule has 2 unspecified atom stereocenters. The average Bonchev–Trinajstić information content (AvgIpc) is 2.41. The molecule has 1 amide bonds. The van der Waals surface area contributed by atoms with Crippen molar-refractivity contribution >= 4 is 45.8 Å². The van der Waals surface area contributed by atoms with Crippen LogP contribution in [0.5, 0.6) is 0 Å². The predicted octanol–water partition coefficient (Wildman–Crippen LogP) is 3.87. The molecule has 20 heavy (non-hydrogen) atoms. The fraction of sp³-hybridized carbons (Fsp3) is 0.500. The zero-order valence-corrected chi connectivity index (χ0v) is 14.5. The molecule has 112 valence electrons. The highest BCUT2D eigenvalue weighted by atomic mass is 79.9. The van der Waals surface area contributed by atoms with Crippen LogP contribution in [0.2, 0.25) is 5.02 Å². The molecule has 1 aromatic carbocycles. The second-order valence-electron chi connectivity index (χ2n) is 5.05. The van der Waals surface area contributed by atoms with Crippen molar-refractivity contribution in [3.05, 3.63) is 33.3 Å². The standard InChI is InChI=1S/C14H18BrClN2O.ClH/c1-9(17)13-4-2-3-7-18(13)14(19)10-5-6-12(16)11(15)8-10;/h5-6,8-9,13H,2-4,7,17H2,1H3;1H. The Morgan fingerprint density at radius 1 is 1.50 bits per heavy atom. The highest BCUT2D eigenvalue weighted by Crippen LogP contribution is 2.26. The van der Waals surface area contributed by atoms with Crippen LogP contribution < -0.4 is 5.73 Å². The smallest absolute Gasteiger partial charge is 0.254 e. The monoisotopic (exact) mass is 380 g/mol. The van der Waals surface area contributed by atoms with Crippen molar-refractivity contribution in [1.29, 1.82) is 0 Å². The Morgan fingerprint density at radius 3 is 2.80 bits per heavy atom. The first-order valence-corrected chi connectivity index (χ1v) is 7.69. The van der Waals surface area contributed by atoms with Gasteiger partial charge in [-0.3, -0.25) is 4.79 Å². The van der Waals surface area contributed by atoms with Crippen LogP contribution in [0.1, 0.15) is 36.5 Å². The summed E-state index contributed by atoms with van der Waals surface area (Å²) in [5.41, 5.74) is 6.66. The van der Waals surface area contributed by atoms with Crippen molar-refractivity contribution in [3.8, 4) is 0 Å². The molecule has 6 heteroatoms. The van der Waals surface area contributed by atoms with Gasteiger partial charge in [0.1, 0.15) is 0 Å². The van der Waals surface area contributed by atoms with Crippen LogP contribution in [0.15, 0.2) is 22.7 Å². The molecular formula is C14H19BrCl2N2O. The molecule has 0 aromatic heterocycles. The van der Waals surface area contributed by atoms with Gasteiger partial charge in [-0.2, -0.15) is 0 Å². The molecule has 1 fully saturated rings. The summed E-state index contributed by atoms with van der Waals surface area (Å²) in [5, 5.41) is 0.610. The topological polar surface area (TPSA) is 46.3 Å². The average molecular weight is 382 g/mol. The zero-order chi connectivity index (χ0) is 14.0. The molecule has 0 spiro atoms. The van der Waals surface area contributed by atoms with E-state index >= 15 is 0 Å². The Bertz CT molecular complexity index is 482. The van der Waals surface area contributed by atoms with E-state index in [2.05, 4.69) is 15.9 Å². The number of rotatable bonds is 2. The van der Waals surface area contributed by atoms with E-state index < -0.39 is 0 Å². The second kappa shape index (κ2) is 7.64. The minimum atomic E-state index is -0.00000843. The fourth-order valence-electron chi connectivity index (χ4n) is 2.55. The van der Waals surface area contributed by atoms with Crippen LogP contribution in [0, 0.1) is 0 Å². The number of benzene rings is 1. The number of amides is 1. The summed E-state index contributed by atoms with van der Waals surface area (Å²) in [7, 11) is 0. The number of nitrogens with two attached hydrogens (primary N) is 1. The van der Waals surface area contributed by atoms with Gasteiger partial charge in [0.2, 0.25) is 0 Å². The van der Waals surface area contributed by atoms with Crippen molar-refractivity contribution < 1.29 is 4.79 Å². The van der Waals surface area contributed by atoms with Gasteiger partial charge < -0.3 is 10.6 Å². The van der Waals surface area contributed by atoms with Gasteiger partial charge >= 0.3 is 0 Å². The van der Waals surface area contributed by atoms with Gasteiger partial charge in [0, 0.05) is 28.7 Å². The molecule has 0 radical (unpaired) electrons. The van der Waals surface area contributed by atoms with E-state index in [9.17, 15) is 4.79 Å². The minimum absolute atomic E-state index is 0. The van der Waals surface area contributed by atoms with Gasteiger partial charge in [-0.05, 0) is 60.3 Å². The third kappa shape index (κ3) is 3.88. The molecule has 2 rings (SSSR count). The number of likely N-dealkylation sites (tertiary alicyclic amines) is 1. The maximum atomic E-state index is 12.6. The summed E-state index contributed by atoms with van der Waals surface area (Å²) in [6, 6.07) is 5.42. The number of piperidine rings is 1. The molecule has 3 nitrogen and oxygen atoms in total. The van der Waals surface area contributed by atoms with E-state index in [0.29, 0.717) is 10.6 Å². The zero-order valence-electron chi connectivity index (χ0n) is 11.3. The summed E-state index contributed by atoms with van der Waals surface area (Å²) in [5.74, 6) is 0.0411. The lowest BCUT2D eigenvalue weighted by Crippen LogP contribution is -2.51. The Hall–Kier alpha value is -0.290. The normalized spacial score (nSPS) is 20.2. The largest absolute Gasteiger partial charge is 0.334 e. The van der Waals surface area contributed by atoms with Crippen LogP contribution in [0.25, 0.3) is 0 Å². The quantitative estimate of drug-likeness (QED) is 0.845. The number of halogens is 3. The molecular weight excluding hydrogens is 363 g/mol. The van der Waals surface area contributed by atoms with Crippen molar-refractivity contribution in [3.63, 3.8) is 0 Å². The number of carbonyl (C=O) groups excluding carboxylic acids is 1. The van der Waals surface area contributed by atoms with E-state index in [-0.39, 0.29) is 30.4 Å². The Labute approximate surface area is 139 Å². The summed E-state index contributed by atoms with van der Waals surface area (Å²) in [6.07, 6.45) is 3.17. The first-order chi connectivity index (χ1) is 9.00. The van der Waals surface area contributed by atoms with Gasteiger partial charge in [-0.15, -0.1) is 12.4 Å². The van der Waals surface area contributed by atoms with Crippen LogP contribution in [0.4, 0.5) is 0 Å². The number of nitrogens with zero attached hydrogens (tertiary/aromatic N) is 1. The van der Waals surface area contributed by atoms with Crippen LogP contribution >= 0.6 is 39.9 Å². The van der Waals surface area contributed by atoms with Gasteiger partial charge in [0.05, 0.1) is 5.02 Å². The summed E-state index contributed by atoms with van der Waals surface area (Å²) >= 11 is 9.31. The number of carbonyl (C=O) groups is 1. The van der Waals surface area contributed by atoms with Crippen molar-refractivity contribution in [2.75, 3.05) is 6.54 Å². The summed E-state index contributed by atoms with van der Waals surface area (Å²) in [6.45, 7) is 2.75. The number of hydrogen-bond donors (Lipinski definition) is 1. The molecule has 0 bridgehead atoms. The third-order valence-electron chi connectivity index (χ3n) is 3.58.